The molecule has 0 aliphatic heterocycles. The molecule has 0 radical (unpaired) electrons. The lowest BCUT2D eigenvalue weighted by Crippen LogP contribution is -2.18. The molecule has 1 aromatic rings. The quantitative estimate of drug-likeness (QED) is 0.734. The minimum absolute atomic E-state index is 0.170. The molecule has 0 heterocycles. The predicted octanol–water partition coefficient (Wildman–Crippen LogP) is 3.34. The minimum atomic E-state index is 0.170. The van der Waals surface area contributed by atoms with Crippen molar-refractivity contribution < 1.29 is 9.84 Å². The van der Waals surface area contributed by atoms with Gasteiger partial charge in [-0.15, -0.1) is 0 Å². The molecule has 0 fully saturated rings. The summed E-state index contributed by atoms with van der Waals surface area (Å²) in [5.74, 6) is 2.17. The van der Waals surface area contributed by atoms with Crippen LogP contribution >= 0.6 is 0 Å². The first-order chi connectivity index (χ1) is 9.97. The Hall–Kier alpha value is -1.06. The highest BCUT2D eigenvalue weighted by Gasteiger charge is 2.11. The summed E-state index contributed by atoms with van der Waals surface area (Å²) in [6, 6.07) is 6.46. The number of aliphatic hydroxyl groups excluding tert-OH is 1. The van der Waals surface area contributed by atoms with Crippen molar-refractivity contribution in [3.8, 4) is 5.75 Å². The van der Waals surface area contributed by atoms with E-state index < -0.39 is 0 Å². The summed E-state index contributed by atoms with van der Waals surface area (Å²) in [6.45, 7) is 10.2. The van der Waals surface area contributed by atoms with Gasteiger partial charge in [0.2, 0.25) is 0 Å². The molecule has 1 atom stereocenters. The van der Waals surface area contributed by atoms with Gasteiger partial charge in [0.25, 0.3) is 0 Å². The lowest BCUT2D eigenvalue weighted by atomic mass is 9.95. The summed E-state index contributed by atoms with van der Waals surface area (Å²) in [7, 11) is 0. The van der Waals surface area contributed by atoms with Crippen LogP contribution < -0.4 is 10.5 Å². The van der Waals surface area contributed by atoms with Gasteiger partial charge in [-0.2, -0.15) is 0 Å². The Labute approximate surface area is 129 Å². The zero-order valence-electron chi connectivity index (χ0n) is 13.9. The molecule has 3 heteroatoms. The molecule has 0 saturated heterocycles. The van der Waals surface area contributed by atoms with Crippen molar-refractivity contribution in [2.45, 2.75) is 46.5 Å². The van der Waals surface area contributed by atoms with E-state index in [-0.39, 0.29) is 12.5 Å². The molecule has 0 spiro atoms. The molecule has 120 valence electrons. The van der Waals surface area contributed by atoms with Crippen LogP contribution in [0.2, 0.25) is 0 Å². The fourth-order valence-electron chi connectivity index (χ4n) is 2.25. The summed E-state index contributed by atoms with van der Waals surface area (Å²) < 4.78 is 5.92. The van der Waals surface area contributed by atoms with Crippen molar-refractivity contribution in [3.05, 3.63) is 29.3 Å². The number of ether oxygens (including phenoxy) is 1. The van der Waals surface area contributed by atoms with E-state index in [4.69, 9.17) is 10.5 Å². The van der Waals surface area contributed by atoms with Gasteiger partial charge in [-0.25, -0.2) is 0 Å². The third-order valence-corrected chi connectivity index (χ3v) is 3.70. The summed E-state index contributed by atoms with van der Waals surface area (Å²) in [5.41, 5.74) is 8.20. The molecule has 0 amide bonds. The lowest BCUT2D eigenvalue weighted by Gasteiger charge is -2.17. The maximum atomic E-state index is 9.21. The highest BCUT2D eigenvalue weighted by molar-refractivity contribution is 5.39. The van der Waals surface area contributed by atoms with Crippen LogP contribution in [0, 0.1) is 11.8 Å². The standard InChI is InChI=1S/C18H31NO2/c1-13(2)12-21-18-8-7-15(9-17(18)14(3)4)5-6-16(10-19)11-20/h7-9,13-14,16,20H,5-6,10-12,19H2,1-4H3. The number of rotatable bonds is 9. The van der Waals surface area contributed by atoms with Crippen LogP contribution in [0.3, 0.4) is 0 Å². The van der Waals surface area contributed by atoms with Gasteiger partial charge in [0.05, 0.1) is 6.61 Å². The number of nitrogens with two attached hydrogens (primary N) is 1. The third-order valence-electron chi connectivity index (χ3n) is 3.70. The average Bonchev–Trinajstić information content (AvgIpc) is 2.46. The van der Waals surface area contributed by atoms with E-state index in [0.29, 0.717) is 18.4 Å². The predicted molar refractivity (Wildman–Crippen MR) is 88.8 cm³/mol. The first kappa shape index (κ1) is 18.0. The van der Waals surface area contributed by atoms with Crippen molar-refractivity contribution in [1.82, 2.24) is 0 Å². The maximum Gasteiger partial charge on any atom is 0.122 e. The van der Waals surface area contributed by atoms with Crippen molar-refractivity contribution in [3.63, 3.8) is 0 Å². The second-order valence-electron chi connectivity index (χ2n) is 6.55. The Morgan fingerprint density at radius 1 is 1.19 bits per heavy atom. The van der Waals surface area contributed by atoms with Gasteiger partial charge in [0, 0.05) is 6.61 Å². The van der Waals surface area contributed by atoms with Crippen molar-refractivity contribution >= 4 is 0 Å². The zero-order valence-corrected chi connectivity index (χ0v) is 13.9. The Balaban J connectivity index is 2.77. The first-order valence-electron chi connectivity index (χ1n) is 8.04. The normalized spacial score (nSPS) is 13.0. The minimum Gasteiger partial charge on any atom is -0.493 e. The number of aliphatic hydroxyl groups is 1. The Morgan fingerprint density at radius 2 is 1.90 bits per heavy atom. The van der Waals surface area contributed by atoms with Crippen LogP contribution in [0.4, 0.5) is 0 Å². The molecule has 21 heavy (non-hydrogen) atoms. The van der Waals surface area contributed by atoms with Crippen LogP contribution in [-0.4, -0.2) is 24.9 Å². The Kier molecular flexibility index (Phi) is 7.76. The van der Waals surface area contributed by atoms with Crippen molar-refractivity contribution in [1.29, 1.82) is 0 Å². The van der Waals surface area contributed by atoms with Gasteiger partial charge >= 0.3 is 0 Å². The molecule has 0 saturated carbocycles. The fourth-order valence-corrected chi connectivity index (χ4v) is 2.25. The maximum absolute atomic E-state index is 9.21. The zero-order chi connectivity index (χ0) is 15.8. The van der Waals surface area contributed by atoms with Gasteiger partial charge in [-0.3, -0.25) is 0 Å². The highest BCUT2D eigenvalue weighted by Crippen LogP contribution is 2.28. The SMILES string of the molecule is CC(C)COc1ccc(CCC(CN)CO)cc1C(C)C. The summed E-state index contributed by atoms with van der Waals surface area (Å²) >= 11 is 0. The number of benzene rings is 1. The molecular weight excluding hydrogens is 262 g/mol. The molecule has 0 aliphatic carbocycles. The van der Waals surface area contributed by atoms with Crippen LogP contribution in [0.25, 0.3) is 0 Å². The topological polar surface area (TPSA) is 55.5 Å². The molecular formula is C18H31NO2. The number of hydrogen-bond acceptors (Lipinski definition) is 3. The highest BCUT2D eigenvalue weighted by atomic mass is 16.5. The van der Waals surface area contributed by atoms with Crippen LogP contribution in [0.15, 0.2) is 18.2 Å². The molecule has 3 N–H and O–H groups in total. The first-order valence-corrected chi connectivity index (χ1v) is 8.04. The van der Waals surface area contributed by atoms with E-state index >= 15 is 0 Å². The summed E-state index contributed by atoms with van der Waals surface area (Å²) in [5, 5.41) is 9.21. The van der Waals surface area contributed by atoms with Crippen molar-refractivity contribution in [2.24, 2.45) is 17.6 Å². The third kappa shape index (κ3) is 6.06. The van der Waals surface area contributed by atoms with E-state index in [9.17, 15) is 5.11 Å². The monoisotopic (exact) mass is 293 g/mol. The van der Waals surface area contributed by atoms with Crippen LogP contribution in [0.1, 0.15) is 51.2 Å². The Bertz CT molecular complexity index is 412. The van der Waals surface area contributed by atoms with E-state index in [1.54, 1.807) is 0 Å². The number of hydrogen-bond donors (Lipinski definition) is 2. The second-order valence-corrected chi connectivity index (χ2v) is 6.55. The summed E-state index contributed by atoms with van der Waals surface area (Å²) in [4.78, 5) is 0. The number of aryl methyl sites for hydroxylation is 1. The van der Waals surface area contributed by atoms with Gasteiger partial charge in [-0.05, 0) is 54.3 Å². The molecule has 1 aromatic carbocycles. The van der Waals surface area contributed by atoms with E-state index in [1.165, 1.54) is 11.1 Å². The largest absolute Gasteiger partial charge is 0.493 e. The molecule has 3 nitrogen and oxygen atoms in total. The molecule has 0 aromatic heterocycles. The van der Waals surface area contributed by atoms with E-state index in [1.807, 2.05) is 0 Å². The average molecular weight is 293 g/mol. The second kappa shape index (κ2) is 9.06. The van der Waals surface area contributed by atoms with Gasteiger partial charge in [0.15, 0.2) is 0 Å². The molecule has 1 unspecified atom stereocenters. The molecule has 0 aliphatic rings. The molecule has 0 bridgehead atoms. The lowest BCUT2D eigenvalue weighted by molar-refractivity contribution is 0.223. The van der Waals surface area contributed by atoms with Crippen LogP contribution in [-0.2, 0) is 6.42 Å². The van der Waals surface area contributed by atoms with E-state index in [0.717, 1.165) is 25.2 Å². The van der Waals surface area contributed by atoms with Crippen LogP contribution in [0.5, 0.6) is 5.75 Å². The van der Waals surface area contributed by atoms with Crippen molar-refractivity contribution in [2.75, 3.05) is 19.8 Å². The summed E-state index contributed by atoms with van der Waals surface area (Å²) in [6.07, 6.45) is 1.88. The Morgan fingerprint density at radius 3 is 2.43 bits per heavy atom. The van der Waals surface area contributed by atoms with Gasteiger partial charge in [-0.1, -0.05) is 39.8 Å². The smallest absolute Gasteiger partial charge is 0.122 e. The van der Waals surface area contributed by atoms with E-state index in [2.05, 4.69) is 45.9 Å². The van der Waals surface area contributed by atoms with Gasteiger partial charge < -0.3 is 15.6 Å². The fraction of sp³-hybridized carbons (Fsp3) is 0.667. The molecule has 1 rings (SSSR count). The van der Waals surface area contributed by atoms with Gasteiger partial charge in [0.1, 0.15) is 5.75 Å².